The molecular weight excluding hydrogens is 350 g/mol. The van der Waals surface area contributed by atoms with Crippen LogP contribution < -0.4 is 10.1 Å². The van der Waals surface area contributed by atoms with Crippen LogP contribution in [0.1, 0.15) is 5.56 Å². The van der Waals surface area contributed by atoms with Crippen LogP contribution in [0, 0.1) is 5.92 Å². The quantitative estimate of drug-likeness (QED) is 0.679. The topological polar surface area (TPSA) is 113 Å². The molecule has 25 heavy (non-hydrogen) atoms. The van der Waals surface area contributed by atoms with Gasteiger partial charge in [0.2, 0.25) is 0 Å². The van der Waals surface area contributed by atoms with Gasteiger partial charge in [-0.3, -0.25) is 14.9 Å². The number of aliphatic carboxylic acids is 2. The highest BCUT2D eigenvalue weighted by atomic mass is 35.5. The molecule has 2 aromatic rings. The first-order chi connectivity index (χ1) is 11.8. The number of carbonyl (C=O) groups excluding carboxylic acids is 1. The molecule has 0 aliphatic heterocycles. The van der Waals surface area contributed by atoms with Gasteiger partial charge in [-0.25, -0.2) is 4.79 Å². The number of ether oxygens (including phenoxy) is 1. The lowest BCUT2D eigenvalue weighted by Crippen LogP contribution is -2.25. The van der Waals surface area contributed by atoms with E-state index in [1.807, 2.05) is 0 Å². The average Bonchev–Trinajstić information content (AvgIpc) is 2.54. The Morgan fingerprint density at radius 1 is 1.04 bits per heavy atom. The van der Waals surface area contributed by atoms with Gasteiger partial charge in [-0.05, 0) is 48.4 Å². The van der Waals surface area contributed by atoms with Crippen molar-refractivity contribution in [3.8, 4) is 5.75 Å². The number of carboxylic acids is 2. The summed E-state index contributed by atoms with van der Waals surface area (Å²) in [5.41, 5.74) is 0.911. The van der Waals surface area contributed by atoms with Gasteiger partial charge in [0, 0.05) is 10.7 Å². The molecule has 0 aliphatic carbocycles. The minimum Gasteiger partial charge on any atom is -0.481 e. The smallest absolute Gasteiger partial charge is 0.417 e. The van der Waals surface area contributed by atoms with Crippen molar-refractivity contribution in [2.45, 2.75) is 6.42 Å². The van der Waals surface area contributed by atoms with Gasteiger partial charge >= 0.3 is 18.0 Å². The molecule has 0 aliphatic rings. The van der Waals surface area contributed by atoms with Crippen LogP contribution in [-0.2, 0) is 16.0 Å². The van der Waals surface area contributed by atoms with Crippen molar-refractivity contribution < 1.29 is 29.3 Å². The summed E-state index contributed by atoms with van der Waals surface area (Å²) in [5.74, 6) is -4.27. The second-order valence-electron chi connectivity index (χ2n) is 5.10. The Labute approximate surface area is 147 Å². The fraction of sp³-hybridized carbons (Fsp3) is 0.118. The second-order valence-corrected chi connectivity index (χ2v) is 5.54. The lowest BCUT2D eigenvalue weighted by Gasteiger charge is -2.10. The Morgan fingerprint density at radius 2 is 1.68 bits per heavy atom. The monoisotopic (exact) mass is 363 g/mol. The molecule has 0 spiro atoms. The Hall–Kier alpha value is -3.06. The Morgan fingerprint density at radius 3 is 2.28 bits per heavy atom. The number of anilines is 1. The lowest BCUT2D eigenvalue weighted by atomic mass is 9.99. The predicted molar refractivity (Wildman–Crippen MR) is 90.0 cm³/mol. The number of halogens is 1. The minimum absolute atomic E-state index is 0.165. The van der Waals surface area contributed by atoms with Crippen LogP contribution >= 0.6 is 11.6 Å². The number of hydrogen-bond acceptors (Lipinski definition) is 4. The predicted octanol–water partition coefficient (Wildman–Crippen LogP) is 3.28. The van der Waals surface area contributed by atoms with E-state index in [1.54, 1.807) is 36.4 Å². The number of carboxylic acid groups (broad SMARTS) is 2. The van der Waals surface area contributed by atoms with Crippen molar-refractivity contribution in [3.05, 3.63) is 59.1 Å². The Bertz CT molecular complexity index is 776. The third-order valence-electron chi connectivity index (χ3n) is 3.24. The molecule has 7 nitrogen and oxygen atoms in total. The van der Waals surface area contributed by atoms with Gasteiger partial charge in [-0.2, -0.15) is 0 Å². The highest BCUT2D eigenvalue weighted by Crippen LogP contribution is 2.18. The van der Waals surface area contributed by atoms with Gasteiger partial charge in [-0.15, -0.1) is 0 Å². The number of carbonyl (C=O) groups is 3. The van der Waals surface area contributed by atoms with Crippen LogP contribution in [0.4, 0.5) is 10.5 Å². The van der Waals surface area contributed by atoms with Crippen molar-refractivity contribution in [2.24, 2.45) is 5.92 Å². The molecule has 2 rings (SSSR count). The van der Waals surface area contributed by atoms with E-state index in [1.165, 1.54) is 12.1 Å². The number of nitrogens with one attached hydrogen (secondary N) is 1. The zero-order chi connectivity index (χ0) is 18.4. The first kappa shape index (κ1) is 18.3. The standard InChI is InChI=1S/C17H14ClNO6/c18-11-4-6-12(7-5-11)19-17(24)25-13-3-1-2-10(8-13)9-14(15(20)21)16(22)23/h1-8,14H,9H2,(H,19,24)(H,20,21)(H,22,23). The van der Waals surface area contributed by atoms with Crippen LogP contribution in [0.15, 0.2) is 48.5 Å². The molecule has 8 heteroatoms. The SMILES string of the molecule is O=C(Nc1ccc(Cl)cc1)Oc1cccc(CC(C(=O)O)C(=O)O)c1. The van der Waals surface area contributed by atoms with E-state index in [2.05, 4.69) is 5.32 Å². The van der Waals surface area contributed by atoms with E-state index in [-0.39, 0.29) is 12.2 Å². The third kappa shape index (κ3) is 5.50. The van der Waals surface area contributed by atoms with Crippen molar-refractivity contribution >= 4 is 35.3 Å². The largest absolute Gasteiger partial charge is 0.481 e. The van der Waals surface area contributed by atoms with Crippen molar-refractivity contribution in [2.75, 3.05) is 5.32 Å². The summed E-state index contributed by atoms with van der Waals surface area (Å²) in [6.45, 7) is 0. The van der Waals surface area contributed by atoms with Crippen LogP contribution in [0.5, 0.6) is 5.75 Å². The van der Waals surface area contributed by atoms with E-state index in [0.29, 0.717) is 16.3 Å². The number of rotatable bonds is 6. The summed E-state index contributed by atoms with van der Waals surface area (Å²) in [6, 6.07) is 12.4. The molecule has 0 saturated heterocycles. The minimum atomic E-state index is -1.57. The highest BCUT2D eigenvalue weighted by Gasteiger charge is 2.26. The maximum Gasteiger partial charge on any atom is 0.417 e. The molecular formula is C17H14ClNO6. The van der Waals surface area contributed by atoms with E-state index >= 15 is 0 Å². The number of benzene rings is 2. The molecule has 0 fully saturated rings. The van der Waals surface area contributed by atoms with Crippen LogP contribution in [0.2, 0.25) is 5.02 Å². The molecule has 130 valence electrons. The molecule has 0 bridgehead atoms. The van der Waals surface area contributed by atoms with Gasteiger partial charge < -0.3 is 14.9 Å². The van der Waals surface area contributed by atoms with Crippen LogP contribution in [-0.4, -0.2) is 28.2 Å². The third-order valence-corrected chi connectivity index (χ3v) is 3.49. The second kappa shape index (κ2) is 8.16. The fourth-order valence-electron chi connectivity index (χ4n) is 2.04. The molecule has 2 aromatic carbocycles. The number of amides is 1. The molecule has 0 atom stereocenters. The summed E-state index contributed by atoms with van der Waals surface area (Å²) in [6.07, 6.45) is -0.965. The first-order valence-electron chi connectivity index (χ1n) is 7.14. The van der Waals surface area contributed by atoms with Gasteiger partial charge in [0.1, 0.15) is 5.75 Å². The van der Waals surface area contributed by atoms with Crippen molar-refractivity contribution in [1.82, 2.24) is 0 Å². The fourth-order valence-corrected chi connectivity index (χ4v) is 2.16. The molecule has 0 saturated carbocycles. The average molecular weight is 364 g/mol. The Kier molecular flexibility index (Phi) is 5.97. The summed E-state index contributed by atoms with van der Waals surface area (Å²) >= 11 is 5.75. The molecule has 3 N–H and O–H groups in total. The number of hydrogen-bond donors (Lipinski definition) is 3. The zero-order valence-electron chi connectivity index (χ0n) is 12.8. The van der Waals surface area contributed by atoms with Gasteiger partial charge in [0.05, 0.1) is 0 Å². The van der Waals surface area contributed by atoms with E-state index < -0.39 is 23.9 Å². The summed E-state index contributed by atoms with van der Waals surface area (Å²) in [7, 11) is 0. The van der Waals surface area contributed by atoms with E-state index in [0.717, 1.165) is 0 Å². The summed E-state index contributed by atoms with van der Waals surface area (Å²) in [4.78, 5) is 33.8. The molecule has 0 radical (unpaired) electrons. The summed E-state index contributed by atoms with van der Waals surface area (Å²) < 4.78 is 5.11. The molecule has 0 heterocycles. The zero-order valence-corrected chi connectivity index (χ0v) is 13.6. The first-order valence-corrected chi connectivity index (χ1v) is 7.52. The molecule has 0 aromatic heterocycles. The lowest BCUT2D eigenvalue weighted by molar-refractivity contribution is -0.154. The van der Waals surface area contributed by atoms with Crippen LogP contribution in [0.25, 0.3) is 0 Å². The van der Waals surface area contributed by atoms with Crippen LogP contribution in [0.3, 0.4) is 0 Å². The Balaban J connectivity index is 2.03. The molecule has 1 amide bonds. The van der Waals surface area contributed by atoms with Gasteiger partial charge in [0.15, 0.2) is 5.92 Å². The van der Waals surface area contributed by atoms with Gasteiger partial charge in [0.25, 0.3) is 0 Å². The highest BCUT2D eigenvalue weighted by molar-refractivity contribution is 6.30. The molecule has 0 unspecified atom stereocenters. The van der Waals surface area contributed by atoms with Crippen molar-refractivity contribution in [3.63, 3.8) is 0 Å². The van der Waals surface area contributed by atoms with Crippen molar-refractivity contribution in [1.29, 1.82) is 0 Å². The maximum absolute atomic E-state index is 11.9. The summed E-state index contributed by atoms with van der Waals surface area (Å²) in [5, 5.41) is 20.9. The maximum atomic E-state index is 11.9. The van der Waals surface area contributed by atoms with Gasteiger partial charge in [-0.1, -0.05) is 23.7 Å². The van der Waals surface area contributed by atoms with E-state index in [9.17, 15) is 14.4 Å². The normalized spacial score (nSPS) is 10.3. The van der Waals surface area contributed by atoms with E-state index in [4.69, 9.17) is 26.6 Å².